The molecule has 1 heteroatoms. The van der Waals surface area contributed by atoms with Gasteiger partial charge in [0.2, 0.25) is 0 Å². The van der Waals surface area contributed by atoms with Crippen molar-refractivity contribution in [2.24, 2.45) is 11.8 Å². The molecule has 0 aromatic rings. The highest BCUT2D eigenvalue weighted by Gasteiger charge is 2.47. The Kier molecular flexibility index (Phi) is 1.71. The number of hydrogen-bond donors (Lipinski definition) is 1. The summed E-state index contributed by atoms with van der Waals surface area (Å²) in [4.78, 5) is 0. The zero-order valence-corrected chi connectivity index (χ0v) is 7.69. The molecule has 2 fully saturated rings. The molecule has 64 valence electrons. The van der Waals surface area contributed by atoms with Crippen LogP contribution in [0.3, 0.4) is 0 Å². The molecule has 0 aromatic carbocycles. The molecule has 2 rings (SSSR count). The van der Waals surface area contributed by atoms with Crippen LogP contribution in [0.4, 0.5) is 0 Å². The molecule has 1 heterocycles. The first-order chi connectivity index (χ1) is 5.25. The summed E-state index contributed by atoms with van der Waals surface area (Å²) < 4.78 is 0. The highest BCUT2D eigenvalue weighted by Crippen LogP contribution is 2.45. The van der Waals surface area contributed by atoms with Gasteiger partial charge < -0.3 is 5.32 Å². The Labute approximate surface area is 69.6 Å². The van der Waals surface area contributed by atoms with Gasteiger partial charge in [-0.2, -0.15) is 0 Å². The molecule has 1 N–H and O–H groups in total. The van der Waals surface area contributed by atoms with E-state index in [1.54, 1.807) is 0 Å². The van der Waals surface area contributed by atoms with Crippen molar-refractivity contribution in [1.29, 1.82) is 0 Å². The summed E-state index contributed by atoms with van der Waals surface area (Å²) in [5.74, 6) is 1.85. The van der Waals surface area contributed by atoms with Crippen molar-refractivity contribution < 1.29 is 0 Å². The molecule has 1 aliphatic heterocycles. The van der Waals surface area contributed by atoms with Gasteiger partial charge in [0.15, 0.2) is 0 Å². The van der Waals surface area contributed by atoms with Crippen molar-refractivity contribution >= 4 is 0 Å². The normalized spacial score (nSPS) is 43.4. The van der Waals surface area contributed by atoms with Gasteiger partial charge in [0.05, 0.1) is 0 Å². The Morgan fingerprint density at radius 1 is 1.36 bits per heavy atom. The Bertz CT molecular complexity index is 147. The quantitative estimate of drug-likeness (QED) is 0.609. The fourth-order valence-electron chi connectivity index (χ4n) is 3.05. The average Bonchev–Trinajstić information content (AvgIpc) is 2.27. The van der Waals surface area contributed by atoms with E-state index in [0.29, 0.717) is 5.54 Å². The maximum absolute atomic E-state index is 3.65. The smallest absolute Gasteiger partial charge is 0.0224 e. The third kappa shape index (κ3) is 1.01. The van der Waals surface area contributed by atoms with Gasteiger partial charge in [-0.25, -0.2) is 0 Å². The maximum atomic E-state index is 3.65. The number of hydrogen-bond acceptors (Lipinski definition) is 1. The van der Waals surface area contributed by atoms with E-state index < -0.39 is 0 Å². The van der Waals surface area contributed by atoms with Gasteiger partial charge in [0.1, 0.15) is 0 Å². The van der Waals surface area contributed by atoms with Crippen LogP contribution in [0.5, 0.6) is 0 Å². The minimum absolute atomic E-state index is 0.605. The van der Waals surface area contributed by atoms with Crippen molar-refractivity contribution in [2.45, 2.75) is 45.1 Å². The second-order valence-corrected chi connectivity index (χ2v) is 4.58. The van der Waals surface area contributed by atoms with Crippen LogP contribution in [0.15, 0.2) is 0 Å². The van der Waals surface area contributed by atoms with Gasteiger partial charge in [0, 0.05) is 5.54 Å². The lowest BCUT2D eigenvalue weighted by Crippen LogP contribution is -2.60. The van der Waals surface area contributed by atoms with Gasteiger partial charge in [-0.3, -0.25) is 0 Å². The highest BCUT2D eigenvalue weighted by atomic mass is 15.1. The van der Waals surface area contributed by atoms with Crippen LogP contribution in [0, 0.1) is 11.8 Å². The first-order valence-electron chi connectivity index (χ1n) is 5.00. The molecule has 1 nitrogen and oxygen atoms in total. The van der Waals surface area contributed by atoms with E-state index in [9.17, 15) is 0 Å². The average molecular weight is 153 g/mol. The molecular weight excluding hydrogens is 134 g/mol. The molecule has 0 amide bonds. The minimum atomic E-state index is 0.605. The fourth-order valence-corrected chi connectivity index (χ4v) is 3.05. The maximum Gasteiger partial charge on any atom is 0.0224 e. The molecule has 1 saturated heterocycles. The summed E-state index contributed by atoms with van der Waals surface area (Å²) >= 11 is 0. The summed E-state index contributed by atoms with van der Waals surface area (Å²) in [5.41, 5.74) is 0.605. The van der Waals surface area contributed by atoms with Crippen LogP contribution >= 0.6 is 0 Å². The van der Waals surface area contributed by atoms with E-state index >= 15 is 0 Å². The SMILES string of the molecule is CC(C)C1CCCC12CCN2. The van der Waals surface area contributed by atoms with Crippen molar-refractivity contribution in [2.75, 3.05) is 6.54 Å². The largest absolute Gasteiger partial charge is 0.311 e. The topological polar surface area (TPSA) is 12.0 Å². The lowest BCUT2D eigenvalue weighted by molar-refractivity contribution is 0.116. The molecule has 0 radical (unpaired) electrons. The summed E-state index contributed by atoms with van der Waals surface area (Å²) in [6, 6.07) is 0. The highest BCUT2D eigenvalue weighted by molar-refractivity contribution is 5.05. The molecule has 2 unspecified atom stereocenters. The van der Waals surface area contributed by atoms with Crippen molar-refractivity contribution in [3.05, 3.63) is 0 Å². The van der Waals surface area contributed by atoms with Crippen LogP contribution in [0.2, 0.25) is 0 Å². The molecule has 2 atom stereocenters. The standard InChI is InChI=1S/C10H19N/c1-8(2)9-4-3-5-10(9)6-7-11-10/h8-9,11H,3-7H2,1-2H3. The van der Waals surface area contributed by atoms with Crippen LogP contribution in [-0.2, 0) is 0 Å². The van der Waals surface area contributed by atoms with Crippen molar-refractivity contribution in [1.82, 2.24) is 5.32 Å². The third-order valence-electron chi connectivity index (χ3n) is 3.70. The molecule has 11 heavy (non-hydrogen) atoms. The minimum Gasteiger partial charge on any atom is -0.311 e. The Hall–Kier alpha value is -0.0400. The van der Waals surface area contributed by atoms with Crippen LogP contribution in [-0.4, -0.2) is 12.1 Å². The molecule has 1 spiro atoms. The van der Waals surface area contributed by atoms with Gasteiger partial charge in [0.25, 0.3) is 0 Å². The predicted octanol–water partition coefficient (Wildman–Crippen LogP) is 2.17. The first-order valence-corrected chi connectivity index (χ1v) is 5.00. The van der Waals surface area contributed by atoms with Gasteiger partial charge in [-0.1, -0.05) is 20.3 Å². The summed E-state index contributed by atoms with van der Waals surface area (Å²) in [6.07, 6.45) is 5.80. The van der Waals surface area contributed by atoms with Crippen molar-refractivity contribution in [3.63, 3.8) is 0 Å². The van der Waals surface area contributed by atoms with Crippen LogP contribution in [0.1, 0.15) is 39.5 Å². The molecular formula is C10H19N. The summed E-state index contributed by atoms with van der Waals surface area (Å²) in [5, 5.41) is 3.65. The van der Waals surface area contributed by atoms with E-state index in [2.05, 4.69) is 19.2 Å². The molecule has 2 aliphatic rings. The summed E-state index contributed by atoms with van der Waals surface area (Å²) in [6.45, 7) is 6.01. The zero-order valence-electron chi connectivity index (χ0n) is 7.69. The predicted molar refractivity (Wildman–Crippen MR) is 47.5 cm³/mol. The zero-order chi connectivity index (χ0) is 7.90. The Morgan fingerprint density at radius 2 is 2.09 bits per heavy atom. The molecule has 0 bridgehead atoms. The Morgan fingerprint density at radius 3 is 2.45 bits per heavy atom. The van der Waals surface area contributed by atoms with E-state index in [1.807, 2.05) is 0 Å². The first kappa shape index (κ1) is 7.60. The molecule has 1 saturated carbocycles. The van der Waals surface area contributed by atoms with E-state index in [4.69, 9.17) is 0 Å². The Balaban J connectivity index is 2.07. The van der Waals surface area contributed by atoms with Gasteiger partial charge in [-0.05, 0) is 37.6 Å². The third-order valence-corrected chi connectivity index (χ3v) is 3.70. The van der Waals surface area contributed by atoms with Crippen molar-refractivity contribution in [3.8, 4) is 0 Å². The number of nitrogens with one attached hydrogen (secondary N) is 1. The monoisotopic (exact) mass is 153 g/mol. The van der Waals surface area contributed by atoms with E-state index in [0.717, 1.165) is 11.8 Å². The lowest BCUT2D eigenvalue weighted by Gasteiger charge is -2.46. The second kappa shape index (κ2) is 2.48. The van der Waals surface area contributed by atoms with Gasteiger partial charge >= 0.3 is 0 Å². The van der Waals surface area contributed by atoms with E-state index in [1.165, 1.54) is 32.2 Å². The second-order valence-electron chi connectivity index (χ2n) is 4.58. The van der Waals surface area contributed by atoms with E-state index in [-0.39, 0.29) is 0 Å². The molecule has 1 aliphatic carbocycles. The van der Waals surface area contributed by atoms with Gasteiger partial charge in [-0.15, -0.1) is 0 Å². The van der Waals surface area contributed by atoms with Crippen LogP contribution in [0.25, 0.3) is 0 Å². The van der Waals surface area contributed by atoms with Crippen LogP contribution < -0.4 is 5.32 Å². The lowest BCUT2D eigenvalue weighted by atomic mass is 9.73. The fraction of sp³-hybridized carbons (Fsp3) is 1.00. The summed E-state index contributed by atoms with van der Waals surface area (Å²) in [7, 11) is 0. The molecule has 0 aromatic heterocycles. The number of rotatable bonds is 1.